The van der Waals surface area contributed by atoms with Crippen molar-refractivity contribution < 1.29 is 23.9 Å². The van der Waals surface area contributed by atoms with Crippen molar-refractivity contribution in [3.8, 4) is 11.8 Å². The van der Waals surface area contributed by atoms with Crippen LogP contribution in [0.3, 0.4) is 0 Å². The molecule has 31 heavy (non-hydrogen) atoms. The summed E-state index contributed by atoms with van der Waals surface area (Å²) in [6.45, 7) is 4.92. The first-order valence-corrected chi connectivity index (χ1v) is 9.72. The summed E-state index contributed by atoms with van der Waals surface area (Å²) in [7, 11) is 1.45. The molecule has 0 aliphatic carbocycles. The zero-order valence-electron chi connectivity index (χ0n) is 17.8. The van der Waals surface area contributed by atoms with E-state index in [1.54, 1.807) is 62.4 Å². The molecule has 0 fully saturated rings. The predicted molar refractivity (Wildman–Crippen MR) is 114 cm³/mol. The van der Waals surface area contributed by atoms with E-state index in [1.165, 1.54) is 14.0 Å². The number of anilines is 1. The van der Waals surface area contributed by atoms with Gasteiger partial charge < -0.3 is 20.1 Å². The Hall–Kier alpha value is -3.86. The minimum absolute atomic E-state index is 0.280. The fraction of sp³-hybridized carbons (Fsp3) is 0.304. The molecule has 2 aromatic rings. The van der Waals surface area contributed by atoms with Crippen molar-refractivity contribution in [2.24, 2.45) is 5.92 Å². The molecule has 0 heterocycles. The Labute approximate surface area is 181 Å². The van der Waals surface area contributed by atoms with Gasteiger partial charge >= 0.3 is 5.97 Å². The number of para-hydroxylation sites is 2. The molecule has 0 saturated heterocycles. The summed E-state index contributed by atoms with van der Waals surface area (Å²) in [6, 6.07) is 14.1. The lowest BCUT2D eigenvalue weighted by Gasteiger charge is -2.23. The van der Waals surface area contributed by atoms with E-state index in [0.717, 1.165) is 0 Å². The first kappa shape index (κ1) is 23.4. The second-order valence-corrected chi connectivity index (χ2v) is 7.12. The Balaban J connectivity index is 2.07. The van der Waals surface area contributed by atoms with Crippen LogP contribution in [0.5, 0.6) is 5.75 Å². The van der Waals surface area contributed by atoms with Crippen LogP contribution in [0.25, 0.3) is 0 Å². The molecule has 0 aromatic heterocycles. The summed E-state index contributed by atoms with van der Waals surface area (Å²) in [6.07, 6.45) is -1.14. The number of nitriles is 1. The van der Waals surface area contributed by atoms with Crippen molar-refractivity contribution in [2.75, 3.05) is 12.4 Å². The fourth-order valence-electron chi connectivity index (χ4n) is 2.77. The number of carbonyl (C=O) groups is 3. The van der Waals surface area contributed by atoms with Gasteiger partial charge in [0.15, 0.2) is 6.10 Å². The monoisotopic (exact) mass is 423 g/mol. The van der Waals surface area contributed by atoms with Crippen LogP contribution in [0.1, 0.15) is 36.7 Å². The number of carbonyl (C=O) groups excluding carboxylic acids is 3. The average molecular weight is 423 g/mol. The number of esters is 1. The van der Waals surface area contributed by atoms with Gasteiger partial charge in [0, 0.05) is 0 Å². The maximum Gasteiger partial charge on any atom is 0.329 e. The number of hydrogen-bond donors (Lipinski definition) is 2. The van der Waals surface area contributed by atoms with Crippen molar-refractivity contribution in [2.45, 2.75) is 32.9 Å². The molecule has 162 valence electrons. The lowest BCUT2D eigenvalue weighted by molar-refractivity contribution is -0.156. The molecule has 0 aliphatic rings. The minimum Gasteiger partial charge on any atom is -0.496 e. The van der Waals surface area contributed by atoms with Crippen LogP contribution in [0, 0.1) is 17.2 Å². The zero-order valence-corrected chi connectivity index (χ0v) is 17.8. The molecule has 2 atom stereocenters. The fourth-order valence-corrected chi connectivity index (χ4v) is 2.77. The topological polar surface area (TPSA) is 118 Å². The van der Waals surface area contributed by atoms with Crippen LogP contribution in [0.2, 0.25) is 0 Å². The van der Waals surface area contributed by atoms with Crippen LogP contribution < -0.4 is 15.4 Å². The number of rotatable bonds is 8. The lowest BCUT2D eigenvalue weighted by atomic mass is 10.0. The predicted octanol–water partition coefficient (Wildman–Crippen LogP) is 2.89. The Morgan fingerprint density at radius 1 is 1.00 bits per heavy atom. The highest BCUT2D eigenvalue weighted by atomic mass is 16.5. The number of methoxy groups -OCH3 is 1. The zero-order chi connectivity index (χ0) is 23.0. The molecule has 0 saturated carbocycles. The SMILES string of the molecule is COc1ccccc1C(=O)N[C@H](C(=O)O[C@@H](C)C(=O)Nc1ccccc1C#N)C(C)C. The highest BCUT2D eigenvalue weighted by Crippen LogP contribution is 2.18. The van der Waals surface area contributed by atoms with Crippen molar-refractivity contribution >= 4 is 23.5 Å². The van der Waals surface area contributed by atoms with Crippen LogP contribution in [0.15, 0.2) is 48.5 Å². The van der Waals surface area contributed by atoms with Gasteiger partial charge in [0.05, 0.1) is 23.9 Å². The summed E-state index contributed by atoms with van der Waals surface area (Å²) < 4.78 is 10.5. The standard InChI is InChI=1S/C23H25N3O5/c1-14(2)20(26-22(28)17-10-6-8-12-19(17)30-4)23(29)31-15(3)21(27)25-18-11-7-5-9-16(18)13-24/h5-12,14-15,20H,1-4H3,(H,25,27)(H,26,28)/t15-,20-/m0/s1. The molecule has 0 spiro atoms. The van der Waals surface area contributed by atoms with Crippen molar-refractivity contribution in [1.29, 1.82) is 5.26 Å². The van der Waals surface area contributed by atoms with E-state index in [1.807, 2.05) is 6.07 Å². The highest BCUT2D eigenvalue weighted by molar-refractivity contribution is 6.00. The number of hydrogen-bond acceptors (Lipinski definition) is 6. The summed E-state index contributed by atoms with van der Waals surface area (Å²) in [5, 5.41) is 14.4. The van der Waals surface area contributed by atoms with E-state index in [4.69, 9.17) is 14.7 Å². The van der Waals surface area contributed by atoms with E-state index in [-0.39, 0.29) is 11.5 Å². The van der Waals surface area contributed by atoms with E-state index in [9.17, 15) is 14.4 Å². The number of benzene rings is 2. The summed E-state index contributed by atoms with van der Waals surface area (Å²) in [4.78, 5) is 37.8. The molecule has 2 N–H and O–H groups in total. The summed E-state index contributed by atoms with van der Waals surface area (Å²) >= 11 is 0. The van der Waals surface area contributed by atoms with Gasteiger partial charge in [-0.2, -0.15) is 5.26 Å². The van der Waals surface area contributed by atoms with Crippen LogP contribution in [0.4, 0.5) is 5.69 Å². The first-order valence-electron chi connectivity index (χ1n) is 9.72. The second kappa shape index (κ2) is 10.8. The maximum absolute atomic E-state index is 12.7. The molecule has 0 unspecified atom stereocenters. The summed E-state index contributed by atoms with van der Waals surface area (Å²) in [5.74, 6) is -1.74. The third-order valence-electron chi connectivity index (χ3n) is 4.53. The quantitative estimate of drug-likeness (QED) is 0.631. The Morgan fingerprint density at radius 2 is 1.65 bits per heavy atom. The van der Waals surface area contributed by atoms with Crippen molar-refractivity contribution in [3.63, 3.8) is 0 Å². The Bertz CT molecular complexity index is 997. The molecule has 2 aromatic carbocycles. The van der Waals surface area contributed by atoms with Gasteiger partial charge in [-0.3, -0.25) is 9.59 Å². The normalized spacial score (nSPS) is 12.3. The molecular weight excluding hydrogens is 398 g/mol. The van der Waals surface area contributed by atoms with Crippen LogP contribution in [-0.2, 0) is 14.3 Å². The maximum atomic E-state index is 12.7. The third kappa shape index (κ3) is 6.06. The first-order chi connectivity index (χ1) is 14.8. The average Bonchev–Trinajstić information content (AvgIpc) is 2.77. The van der Waals surface area contributed by atoms with E-state index < -0.39 is 29.9 Å². The van der Waals surface area contributed by atoms with Gasteiger partial charge in [-0.1, -0.05) is 38.1 Å². The number of ether oxygens (including phenoxy) is 2. The Kier molecular flexibility index (Phi) is 8.15. The molecule has 2 amide bonds. The molecule has 0 radical (unpaired) electrons. The lowest BCUT2D eigenvalue weighted by Crippen LogP contribution is -2.47. The van der Waals surface area contributed by atoms with Crippen LogP contribution >= 0.6 is 0 Å². The molecular formula is C23H25N3O5. The van der Waals surface area contributed by atoms with Crippen molar-refractivity contribution in [3.05, 3.63) is 59.7 Å². The smallest absolute Gasteiger partial charge is 0.329 e. The molecule has 0 aliphatic heterocycles. The summed E-state index contributed by atoms with van der Waals surface area (Å²) in [5.41, 5.74) is 0.892. The molecule has 0 bridgehead atoms. The van der Waals surface area contributed by atoms with E-state index in [2.05, 4.69) is 10.6 Å². The van der Waals surface area contributed by atoms with Gasteiger partial charge in [0.25, 0.3) is 11.8 Å². The molecule has 2 rings (SSSR count). The van der Waals surface area contributed by atoms with Crippen molar-refractivity contribution in [1.82, 2.24) is 5.32 Å². The van der Waals surface area contributed by atoms with E-state index in [0.29, 0.717) is 17.0 Å². The number of nitrogens with one attached hydrogen (secondary N) is 2. The van der Waals surface area contributed by atoms with Gasteiger partial charge in [-0.25, -0.2) is 4.79 Å². The number of nitrogens with zero attached hydrogens (tertiary/aromatic N) is 1. The van der Waals surface area contributed by atoms with Gasteiger partial charge in [0.1, 0.15) is 17.9 Å². The third-order valence-corrected chi connectivity index (χ3v) is 4.53. The van der Waals surface area contributed by atoms with Crippen LogP contribution in [-0.4, -0.2) is 37.0 Å². The van der Waals surface area contributed by atoms with Gasteiger partial charge in [0.2, 0.25) is 0 Å². The van der Waals surface area contributed by atoms with E-state index >= 15 is 0 Å². The van der Waals surface area contributed by atoms with Gasteiger partial charge in [-0.15, -0.1) is 0 Å². The highest BCUT2D eigenvalue weighted by Gasteiger charge is 2.30. The molecule has 8 nitrogen and oxygen atoms in total. The minimum atomic E-state index is -1.14. The Morgan fingerprint density at radius 3 is 2.29 bits per heavy atom. The number of amides is 2. The largest absolute Gasteiger partial charge is 0.496 e. The van der Waals surface area contributed by atoms with Gasteiger partial charge in [-0.05, 0) is 37.1 Å². The second-order valence-electron chi connectivity index (χ2n) is 7.12. The molecule has 8 heteroatoms.